The molecule has 152 valence electrons. The van der Waals surface area contributed by atoms with E-state index >= 15 is 0 Å². The van der Waals surface area contributed by atoms with Crippen LogP contribution in [0.5, 0.6) is 11.5 Å². The van der Waals surface area contributed by atoms with E-state index in [1.165, 1.54) is 0 Å². The van der Waals surface area contributed by atoms with Crippen LogP contribution in [-0.4, -0.2) is 32.9 Å². The predicted octanol–water partition coefficient (Wildman–Crippen LogP) is 5.16. The summed E-state index contributed by atoms with van der Waals surface area (Å²) in [5, 5.41) is 11.3. The average Bonchev–Trinajstić information content (AvgIpc) is 2.77. The highest BCUT2D eigenvalue weighted by atomic mass is 79.9. The van der Waals surface area contributed by atoms with Gasteiger partial charge in [-0.25, -0.2) is 0 Å². The van der Waals surface area contributed by atoms with Gasteiger partial charge in [0.05, 0.1) is 4.47 Å². The Morgan fingerprint density at radius 3 is 1.97 bits per heavy atom. The summed E-state index contributed by atoms with van der Waals surface area (Å²) >= 11 is 3.63. The molecule has 0 aliphatic carbocycles. The minimum Gasteiger partial charge on any atom is -0.467 e. The van der Waals surface area contributed by atoms with Gasteiger partial charge in [-0.1, -0.05) is 60.7 Å². The van der Waals surface area contributed by atoms with Crippen molar-refractivity contribution in [2.75, 3.05) is 27.8 Å². The molecule has 0 radical (unpaired) electrons. The molecule has 3 aromatic carbocycles. The minimum atomic E-state index is -0.906. The van der Waals surface area contributed by atoms with Crippen molar-refractivity contribution in [1.82, 2.24) is 0 Å². The van der Waals surface area contributed by atoms with Crippen molar-refractivity contribution in [2.24, 2.45) is 0 Å². The lowest BCUT2D eigenvalue weighted by Crippen LogP contribution is -2.09. The highest BCUT2D eigenvalue weighted by Gasteiger charge is 2.26. The predicted molar refractivity (Wildman–Crippen MR) is 115 cm³/mol. The fourth-order valence-electron chi connectivity index (χ4n) is 3.05. The first-order valence-electron chi connectivity index (χ1n) is 9.05. The Labute approximate surface area is 178 Å². The van der Waals surface area contributed by atoms with Gasteiger partial charge in [0.2, 0.25) is 0 Å². The lowest BCUT2D eigenvalue weighted by Gasteiger charge is -2.23. The summed E-state index contributed by atoms with van der Waals surface area (Å²) in [4.78, 5) is 0. The zero-order valence-corrected chi connectivity index (χ0v) is 17.9. The molecule has 5 nitrogen and oxygen atoms in total. The van der Waals surface area contributed by atoms with E-state index in [1.54, 1.807) is 20.3 Å². The molecule has 0 fully saturated rings. The van der Waals surface area contributed by atoms with Crippen molar-refractivity contribution >= 4 is 15.9 Å². The van der Waals surface area contributed by atoms with Crippen LogP contribution in [-0.2, 0) is 9.47 Å². The lowest BCUT2D eigenvalue weighted by molar-refractivity contribution is 0.0455. The molecule has 29 heavy (non-hydrogen) atoms. The molecule has 1 N–H and O–H groups in total. The van der Waals surface area contributed by atoms with Crippen LogP contribution >= 0.6 is 15.9 Å². The molecule has 0 spiro atoms. The molecule has 0 aromatic heterocycles. The summed E-state index contributed by atoms with van der Waals surface area (Å²) in [6.07, 6.45) is -0.906. The Morgan fingerprint density at radius 2 is 1.38 bits per heavy atom. The molecule has 0 aliphatic heterocycles. The van der Waals surface area contributed by atoms with Gasteiger partial charge < -0.3 is 24.1 Å². The summed E-state index contributed by atoms with van der Waals surface area (Å²) in [6, 6.07) is 21.0. The van der Waals surface area contributed by atoms with Gasteiger partial charge in [-0.3, -0.25) is 0 Å². The van der Waals surface area contributed by atoms with Crippen molar-refractivity contribution in [2.45, 2.75) is 6.10 Å². The van der Waals surface area contributed by atoms with Crippen LogP contribution in [0.15, 0.2) is 71.2 Å². The lowest BCUT2D eigenvalue weighted by atomic mass is 9.91. The van der Waals surface area contributed by atoms with Gasteiger partial charge in [0.25, 0.3) is 0 Å². The summed E-state index contributed by atoms with van der Waals surface area (Å²) < 4.78 is 22.4. The van der Waals surface area contributed by atoms with E-state index in [1.807, 2.05) is 60.7 Å². The molecule has 0 saturated carbocycles. The minimum absolute atomic E-state index is 0.0616. The molecule has 0 heterocycles. The second kappa shape index (κ2) is 10.4. The molecule has 6 heteroatoms. The molecule has 1 unspecified atom stereocenters. The monoisotopic (exact) mass is 458 g/mol. The first kappa shape index (κ1) is 21.3. The second-order valence-electron chi connectivity index (χ2n) is 6.26. The topological polar surface area (TPSA) is 57.2 Å². The van der Waals surface area contributed by atoms with E-state index in [4.69, 9.17) is 18.9 Å². The third kappa shape index (κ3) is 4.97. The Kier molecular flexibility index (Phi) is 7.66. The van der Waals surface area contributed by atoms with Gasteiger partial charge in [0, 0.05) is 31.4 Å². The molecule has 3 rings (SSSR count). The standard InChI is InChI=1S/C23H23BrO5/c1-26-14-28-18-13-19(29-15-27-2)22(24)21(20(18)16-9-5-3-6-10-16)23(25)17-11-7-4-8-12-17/h3-13,23,25H,14-15H2,1-2H3. The van der Waals surface area contributed by atoms with Crippen LogP contribution in [0.3, 0.4) is 0 Å². The van der Waals surface area contributed by atoms with Gasteiger partial charge in [0.1, 0.15) is 17.6 Å². The van der Waals surface area contributed by atoms with E-state index in [0.29, 0.717) is 21.5 Å². The quantitative estimate of drug-likeness (QED) is 0.448. The Hall–Kier alpha value is -2.38. The molecule has 0 bridgehead atoms. The first-order chi connectivity index (χ1) is 14.2. The van der Waals surface area contributed by atoms with Crippen LogP contribution in [0.1, 0.15) is 17.2 Å². The fourth-order valence-corrected chi connectivity index (χ4v) is 3.70. The Morgan fingerprint density at radius 1 is 0.828 bits per heavy atom. The molecule has 3 aromatic rings. The maximum Gasteiger partial charge on any atom is 0.188 e. The highest BCUT2D eigenvalue weighted by molar-refractivity contribution is 9.10. The van der Waals surface area contributed by atoms with Crippen LogP contribution in [0.4, 0.5) is 0 Å². The number of aliphatic hydroxyl groups excluding tert-OH is 1. The van der Waals surface area contributed by atoms with E-state index in [0.717, 1.165) is 16.7 Å². The van der Waals surface area contributed by atoms with Crippen molar-refractivity contribution in [3.8, 4) is 22.6 Å². The van der Waals surface area contributed by atoms with Crippen molar-refractivity contribution in [1.29, 1.82) is 0 Å². The molecular formula is C23H23BrO5. The number of benzene rings is 3. The number of hydrogen-bond acceptors (Lipinski definition) is 5. The highest BCUT2D eigenvalue weighted by Crippen LogP contribution is 2.47. The maximum absolute atomic E-state index is 11.3. The largest absolute Gasteiger partial charge is 0.467 e. The molecule has 0 aliphatic rings. The zero-order chi connectivity index (χ0) is 20.6. The molecule has 0 amide bonds. The summed E-state index contributed by atoms with van der Waals surface area (Å²) in [7, 11) is 3.11. The number of methoxy groups -OCH3 is 2. The molecular weight excluding hydrogens is 436 g/mol. The normalized spacial score (nSPS) is 11.9. The van der Waals surface area contributed by atoms with Gasteiger partial charge in [-0.05, 0) is 27.1 Å². The zero-order valence-electron chi connectivity index (χ0n) is 16.3. The van der Waals surface area contributed by atoms with Crippen LogP contribution < -0.4 is 9.47 Å². The Balaban J connectivity index is 2.25. The maximum atomic E-state index is 11.3. The van der Waals surface area contributed by atoms with E-state index < -0.39 is 6.10 Å². The number of aliphatic hydroxyl groups is 1. The third-order valence-electron chi connectivity index (χ3n) is 4.35. The average molecular weight is 459 g/mol. The van der Waals surface area contributed by atoms with Crippen LogP contribution in [0.2, 0.25) is 0 Å². The number of rotatable bonds is 9. The SMILES string of the molecule is COCOc1cc(OCOC)c(-c2ccccc2)c(C(O)c2ccccc2)c1Br. The van der Waals surface area contributed by atoms with Crippen molar-refractivity contribution in [3.05, 3.63) is 82.3 Å². The first-order valence-corrected chi connectivity index (χ1v) is 9.85. The van der Waals surface area contributed by atoms with E-state index in [-0.39, 0.29) is 13.6 Å². The summed E-state index contributed by atoms with van der Waals surface area (Å²) in [5.41, 5.74) is 3.06. The van der Waals surface area contributed by atoms with E-state index in [2.05, 4.69) is 15.9 Å². The van der Waals surface area contributed by atoms with Gasteiger partial charge >= 0.3 is 0 Å². The fraction of sp³-hybridized carbons (Fsp3) is 0.217. The van der Waals surface area contributed by atoms with Crippen molar-refractivity contribution in [3.63, 3.8) is 0 Å². The Bertz CT molecular complexity index is 916. The second-order valence-corrected chi connectivity index (χ2v) is 7.05. The molecule has 1 atom stereocenters. The van der Waals surface area contributed by atoms with Crippen LogP contribution in [0, 0.1) is 0 Å². The molecule has 0 saturated heterocycles. The smallest absolute Gasteiger partial charge is 0.188 e. The number of halogens is 1. The third-order valence-corrected chi connectivity index (χ3v) is 5.16. The summed E-state index contributed by atoms with van der Waals surface area (Å²) in [5.74, 6) is 1.04. The van der Waals surface area contributed by atoms with Gasteiger partial charge in [-0.2, -0.15) is 0 Å². The number of hydrogen-bond donors (Lipinski definition) is 1. The van der Waals surface area contributed by atoms with Crippen LogP contribution in [0.25, 0.3) is 11.1 Å². The van der Waals surface area contributed by atoms with Crippen molar-refractivity contribution < 1.29 is 24.1 Å². The summed E-state index contributed by atoms with van der Waals surface area (Å²) in [6.45, 7) is 0.125. The number of ether oxygens (including phenoxy) is 4. The van der Waals surface area contributed by atoms with Gasteiger partial charge in [0.15, 0.2) is 13.6 Å². The van der Waals surface area contributed by atoms with Gasteiger partial charge in [-0.15, -0.1) is 0 Å². The van der Waals surface area contributed by atoms with E-state index in [9.17, 15) is 5.11 Å².